The first kappa shape index (κ1) is 22.3. The Morgan fingerprint density at radius 2 is 2.19 bits per heavy atom. The van der Waals surface area contributed by atoms with Gasteiger partial charge in [0.15, 0.2) is 5.82 Å². The highest BCUT2D eigenvalue weighted by Gasteiger charge is 2.32. The maximum Gasteiger partial charge on any atom is 0.270 e. The lowest BCUT2D eigenvalue weighted by Crippen LogP contribution is -2.35. The molecule has 172 valence electrons. The summed E-state index contributed by atoms with van der Waals surface area (Å²) in [5, 5.41) is 2.96. The van der Waals surface area contributed by atoms with Crippen LogP contribution in [-0.4, -0.2) is 52.6 Å². The van der Waals surface area contributed by atoms with Gasteiger partial charge in [-0.1, -0.05) is 6.92 Å². The van der Waals surface area contributed by atoms with Gasteiger partial charge in [0.2, 0.25) is 5.88 Å². The summed E-state index contributed by atoms with van der Waals surface area (Å²) in [6.07, 6.45) is 4.02. The van der Waals surface area contributed by atoms with E-state index >= 15 is 0 Å². The van der Waals surface area contributed by atoms with Gasteiger partial charge in [-0.25, -0.2) is 9.37 Å². The smallest absolute Gasteiger partial charge is 0.270 e. The third kappa shape index (κ3) is 4.09. The number of hydrogen-bond acceptors (Lipinski definition) is 5. The molecule has 4 rings (SSSR count). The molecular weight excluding hydrogens is 415 g/mol. The average Bonchev–Trinajstić information content (AvgIpc) is 3.40. The Morgan fingerprint density at radius 3 is 2.84 bits per heavy atom. The Bertz CT molecular complexity index is 1020. The highest BCUT2D eigenvalue weighted by Crippen LogP contribution is 2.27. The molecule has 1 N–H and O–H groups in total. The van der Waals surface area contributed by atoms with Crippen LogP contribution in [0, 0.1) is 5.82 Å². The van der Waals surface area contributed by atoms with Crippen molar-refractivity contribution in [1.29, 1.82) is 0 Å². The molecule has 1 saturated heterocycles. The zero-order valence-corrected chi connectivity index (χ0v) is 18.7. The summed E-state index contributed by atoms with van der Waals surface area (Å²) >= 11 is 0. The molecule has 0 spiro atoms. The van der Waals surface area contributed by atoms with Gasteiger partial charge in [0, 0.05) is 25.3 Å². The normalized spacial score (nSPS) is 18.9. The quantitative estimate of drug-likeness (QED) is 0.740. The first-order valence-electron chi connectivity index (χ1n) is 11.1. The van der Waals surface area contributed by atoms with Gasteiger partial charge in [0.05, 0.1) is 37.6 Å². The fourth-order valence-corrected chi connectivity index (χ4v) is 4.52. The van der Waals surface area contributed by atoms with Crippen LogP contribution in [-0.2, 0) is 17.9 Å². The minimum atomic E-state index is -0.583. The van der Waals surface area contributed by atoms with Crippen LogP contribution in [0.3, 0.4) is 0 Å². The number of carbonyl (C=O) groups excluding carboxylic acids is 2. The summed E-state index contributed by atoms with van der Waals surface area (Å²) in [6, 6.07) is 2.75. The van der Waals surface area contributed by atoms with Crippen molar-refractivity contribution in [3.63, 3.8) is 0 Å². The van der Waals surface area contributed by atoms with Crippen LogP contribution in [0.4, 0.5) is 4.39 Å². The Balaban J connectivity index is 1.61. The third-order valence-corrected chi connectivity index (χ3v) is 6.32. The maximum atomic E-state index is 14.1. The predicted octanol–water partition coefficient (Wildman–Crippen LogP) is 3.07. The number of rotatable bonds is 6. The number of carbonyl (C=O) groups is 2. The molecule has 1 fully saturated rings. The molecule has 2 aliphatic heterocycles. The highest BCUT2D eigenvalue weighted by molar-refractivity contribution is 6.01. The number of methoxy groups -OCH3 is 1. The predicted molar refractivity (Wildman–Crippen MR) is 115 cm³/mol. The number of ether oxygens (including phenoxy) is 2. The van der Waals surface area contributed by atoms with Gasteiger partial charge in [0.1, 0.15) is 5.69 Å². The highest BCUT2D eigenvalue weighted by atomic mass is 19.1. The van der Waals surface area contributed by atoms with E-state index in [2.05, 4.69) is 17.2 Å². The van der Waals surface area contributed by atoms with Gasteiger partial charge in [-0.3, -0.25) is 9.59 Å². The van der Waals surface area contributed by atoms with Crippen molar-refractivity contribution in [3.8, 4) is 5.88 Å². The second-order valence-corrected chi connectivity index (χ2v) is 8.28. The molecule has 0 bridgehead atoms. The number of aromatic nitrogens is 2. The fourth-order valence-electron chi connectivity index (χ4n) is 4.52. The van der Waals surface area contributed by atoms with Crippen LogP contribution in [0.15, 0.2) is 18.3 Å². The van der Waals surface area contributed by atoms with Gasteiger partial charge in [-0.2, -0.15) is 0 Å². The molecule has 4 heterocycles. The molecule has 2 amide bonds. The standard InChI is InChI=1S/C23H29FN4O4/c1-4-18(15-10-17(24)22(31-3)25-12-15)26-21(29)16-11-19(28-8-9-32-13-20(16)28)23(30)27-7-5-6-14(27)2/h10-12,14,18H,4-9,13H2,1-3H3,(H,26,29)/t14?,18-/m1/s1. The van der Waals surface area contributed by atoms with E-state index < -0.39 is 11.9 Å². The molecule has 9 heteroatoms. The molecule has 8 nitrogen and oxygen atoms in total. The van der Waals surface area contributed by atoms with E-state index in [0.29, 0.717) is 42.1 Å². The molecule has 2 aromatic heterocycles. The van der Waals surface area contributed by atoms with Gasteiger partial charge in [0.25, 0.3) is 11.8 Å². The third-order valence-electron chi connectivity index (χ3n) is 6.32. The molecule has 2 aliphatic rings. The topological polar surface area (TPSA) is 85.7 Å². The summed E-state index contributed by atoms with van der Waals surface area (Å²) in [5.74, 6) is -1.05. The second kappa shape index (κ2) is 9.28. The van der Waals surface area contributed by atoms with Crippen molar-refractivity contribution in [3.05, 3.63) is 46.7 Å². The lowest BCUT2D eigenvalue weighted by atomic mass is 10.1. The Kier molecular flexibility index (Phi) is 6.45. The SMILES string of the molecule is CC[C@@H](NC(=O)c1cc(C(=O)N2CCCC2C)n2c1COCC2)c1cnc(OC)c(F)c1. The van der Waals surface area contributed by atoms with Crippen LogP contribution < -0.4 is 10.1 Å². The van der Waals surface area contributed by atoms with Crippen molar-refractivity contribution in [1.82, 2.24) is 19.8 Å². The number of hydrogen-bond donors (Lipinski definition) is 1. The maximum absolute atomic E-state index is 14.1. The molecule has 0 aliphatic carbocycles. The van der Waals surface area contributed by atoms with E-state index in [-0.39, 0.29) is 30.3 Å². The van der Waals surface area contributed by atoms with Crippen molar-refractivity contribution >= 4 is 11.8 Å². The summed E-state index contributed by atoms with van der Waals surface area (Å²) in [6.45, 7) is 5.96. The number of halogens is 1. The summed E-state index contributed by atoms with van der Waals surface area (Å²) in [4.78, 5) is 32.3. The first-order chi connectivity index (χ1) is 15.4. The van der Waals surface area contributed by atoms with Crippen molar-refractivity contribution in [2.45, 2.75) is 58.3 Å². The van der Waals surface area contributed by atoms with E-state index in [4.69, 9.17) is 9.47 Å². The largest absolute Gasteiger partial charge is 0.479 e. The van der Waals surface area contributed by atoms with Crippen LogP contribution in [0.25, 0.3) is 0 Å². The molecular formula is C23H29FN4O4. The van der Waals surface area contributed by atoms with Crippen molar-refractivity contribution < 1.29 is 23.5 Å². The van der Waals surface area contributed by atoms with Crippen LogP contribution in [0.2, 0.25) is 0 Å². The fraction of sp³-hybridized carbons (Fsp3) is 0.522. The van der Waals surface area contributed by atoms with Crippen LogP contribution in [0.1, 0.15) is 71.3 Å². The first-order valence-corrected chi connectivity index (χ1v) is 11.1. The number of amides is 2. The summed E-state index contributed by atoms with van der Waals surface area (Å²) in [5.41, 5.74) is 2.18. The van der Waals surface area contributed by atoms with E-state index in [1.165, 1.54) is 19.4 Å². The molecule has 0 saturated carbocycles. The van der Waals surface area contributed by atoms with Gasteiger partial charge < -0.3 is 24.3 Å². The van der Waals surface area contributed by atoms with E-state index in [0.717, 1.165) is 19.4 Å². The molecule has 0 radical (unpaired) electrons. The lowest BCUT2D eigenvalue weighted by molar-refractivity contribution is 0.0683. The number of fused-ring (bicyclic) bond motifs is 1. The van der Waals surface area contributed by atoms with E-state index in [9.17, 15) is 14.0 Å². The lowest BCUT2D eigenvalue weighted by Gasteiger charge is -2.24. The molecule has 32 heavy (non-hydrogen) atoms. The Hall–Kier alpha value is -2.94. The number of likely N-dealkylation sites (tertiary alicyclic amines) is 1. The van der Waals surface area contributed by atoms with Gasteiger partial charge in [-0.05, 0) is 43.9 Å². The van der Waals surface area contributed by atoms with E-state index in [1.807, 2.05) is 16.4 Å². The molecule has 0 aromatic carbocycles. The van der Waals surface area contributed by atoms with Crippen molar-refractivity contribution in [2.24, 2.45) is 0 Å². The Morgan fingerprint density at radius 1 is 1.38 bits per heavy atom. The number of pyridine rings is 1. The zero-order valence-electron chi connectivity index (χ0n) is 18.7. The molecule has 1 unspecified atom stereocenters. The zero-order chi connectivity index (χ0) is 22.8. The number of nitrogens with one attached hydrogen (secondary N) is 1. The second-order valence-electron chi connectivity index (χ2n) is 8.28. The summed E-state index contributed by atoms with van der Waals surface area (Å²) in [7, 11) is 1.35. The van der Waals surface area contributed by atoms with Gasteiger partial charge in [-0.15, -0.1) is 0 Å². The number of nitrogens with zero attached hydrogens (tertiary/aromatic N) is 3. The van der Waals surface area contributed by atoms with Crippen LogP contribution in [0.5, 0.6) is 5.88 Å². The minimum Gasteiger partial charge on any atom is -0.479 e. The van der Waals surface area contributed by atoms with Crippen molar-refractivity contribution in [2.75, 3.05) is 20.3 Å². The Labute approximate surface area is 186 Å². The molecule has 2 aromatic rings. The monoisotopic (exact) mass is 444 g/mol. The summed E-state index contributed by atoms with van der Waals surface area (Å²) < 4.78 is 26.5. The van der Waals surface area contributed by atoms with E-state index in [1.54, 1.807) is 6.07 Å². The minimum absolute atomic E-state index is 0.0503. The molecule has 2 atom stereocenters. The average molecular weight is 445 g/mol. The van der Waals surface area contributed by atoms with Crippen LogP contribution >= 0.6 is 0 Å². The van der Waals surface area contributed by atoms with Gasteiger partial charge >= 0.3 is 0 Å².